The fourth-order valence-corrected chi connectivity index (χ4v) is 2.67. The second-order valence-corrected chi connectivity index (χ2v) is 13.3. The molecular formula is C14H22O2SiZn. The molecular weight excluding hydrogens is 294 g/mol. The fraction of sp³-hybridized carbons (Fsp3) is 0.500. The van der Waals surface area contributed by atoms with Crippen LogP contribution in [0.15, 0.2) is 24.3 Å². The second-order valence-electron chi connectivity index (χ2n) is 6.48. The molecule has 1 aromatic rings. The SMILES string of the molecule is CC(C)(C)C(=O)[O-].C[Si](C)(C)c1cc[c]([Zn+])cc1. The molecule has 0 heterocycles. The Kier molecular flexibility index (Phi) is 6.45. The molecule has 1 aromatic carbocycles. The normalized spacial score (nSPS) is 11.6. The molecule has 0 bridgehead atoms. The number of carboxylic acids is 1. The molecule has 0 saturated heterocycles. The summed E-state index contributed by atoms with van der Waals surface area (Å²) in [7, 11) is -1.04. The van der Waals surface area contributed by atoms with Crippen molar-refractivity contribution in [3.05, 3.63) is 24.3 Å². The molecule has 0 atom stereocenters. The van der Waals surface area contributed by atoms with Crippen molar-refractivity contribution in [1.82, 2.24) is 0 Å². The number of aliphatic carboxylic acids is 1. The van der Waals surface area contributed by atoms with Gasteiger partial charge in [-0.25, -0.2) is 0 Å². The van der Waals surface area contributed by atoms with Gasteiger partial charge in [0.1, 0.15) is 0 Å². The van der Waals surface area contributed by atoms with Crippen molar-refractivity contribution in [3.63, 3.8) is 0 Å². The number of hydrogen-bond donors (Lipinski definition) is 0. The molecule has 4 heteroatoms. The molecule has 0 unspecified atom stereocenters. The van der Waals surface area contributed by atoms with E-state index in [1.165, 1.54) is 22.5 Å². The van der Waals surface area contributed by atoms with Gasteiger partial charge in [0.2, 0.25) is 0 Å². The second kappa shape index (κ2) is 6.63. The van der Waals surface area contributed by atoms with Gasteiger partial charge in [0.25, 0.3) is 0 Å². The summed E-state index contributed by atoms with van der Waals surface area (Å²) in [5.74, 6) is -1.01. The Bertz CT molecular complexity index is 386. The topological polar surface area (TPSA) is 40.1 Å². The predicted octanol–water partition coefficient (Wildman–Crippen LogP) is 1.19. The number of carbonyl (C=O) groups excluding carboxylic acids is 1. The van der Waals surface area contributed by atoms with Crippen molar-refractivity contribution in [2.75, 3.05) is 0 Å². The van der Waals surface area contributed by atoms with E-state index in [1.54, 1.807) is 26.0 Å². The molecule has 0 aliphatic heterocycles. The minimum absolute atomic E-state index is 0.694. The van der Waals surface area contributed by atoms with Gasteiger partial charge in [-0.15, -0.1) is 0 Å². The Morgan fingerprint density at radius 3 is 1.67 bits per heavy atom. The maximum atomic E-state index is 9.91. The number of carboxylic acid groups (broad SMARTS) is 1. The van der Waals surface area contributed by atoms with Gasteiger partial charge in [0.05, 0.1) is 0 Å². The minimum atomic E-state index is -1.04. The van der Waals surface area contributed by atoms with Crippen molar-refractivity contribution in [2.24, 2.45) is 5.41 Å². The number of carbonyl (C=O) groups is 1. The zero-order valence-electron chi connectivity index (χ0n) is 12.3. The molecule has 0 aliphatic rings. The van der Waals surface area contributed by atoms with Gasteiger partial charge in [-0.05, 0) is 0 Å². The van der Waals surface area contributed by atoms with Crippen LogP contribution >= 0.6 is 0 Å². The summed E-state index contributed by atoms with van der Waals surface area (Å²) in [6, 6.07) is 9.11. The summed E-state index contributed by atoms with van der Waals surface area (Å²) in [6.45, 7) is 11.9. The first-order valence-corrected chi connectivity index (χ1v) is 11.1. The van der Waals surface area contributed by atoms with Gasteiger partial charge >= 0.3 is 79.6 Å². The Morgan fingerprint density at radius 2 is 1.44 bits per heavy atom. The standard InChI is InChI=1S/C9H13Si.C5H10O2.Zn/c1-10(2,3)9-7-5-4-6-8-9;1-5(2,3)4(6)7;/h5-8H,1-3H3;1-3H3,(H,6,7);/q;;+1/p-1. The van der Waals surface area contributed by atoms with E-state index in [1.807, 2.05) is 0 Å². The first kappa shape index (κ1) is 17.5. The monoisotopic (exact) mass is 314 g/mol. The average molecular weight is 316 g/mol. The van der Waals surface area contributed by atoms with Crippen LogP contribution in [-0.4, -0.2) is 14.0 Å². The molecule has 0 aliphatic carbocycles. The van der Waals surface area contributed by atoms with Gasteiger partial charge in [-0.2, -0.15) is 0 Å². The number of hydrogen-bond acceptors (Lipinski definition) is 2. The van der Waals surface area contributed by atoms with Crippen LogP contribution in [0.4, 0.5) is 0 Å². The molecule has 2 nitrogen and oxygen atoms in total. The third-order valence-electron chi connectivity index (χ3n) is 2.43. The summed E-state index contributed by atoms with van der Waals surface area (Å²) < 4.78 is 1.48. The number of rotatable bonds is 1. The summed E-state index contributed by atoms with van der Waals surface area (Å²) in [5.41, 5.74) is -0.694. The Morgan fingerprint density at radius 1 is 1.11 bits per heavy atom. The van der Waals surface area contributed by atoms with E-state index in [2.05, 4.69) is 43.9 Å². The zero-order valence-corrected chi connectivity index (χ0v) is 16.3. The number of benzene rings is 1. The molecule has 0 spiro atoms. The van der Waals surface area contributed by atoms with Gasteiger partial charge in [-0.1, -0.05) is 20.8 Å². The first-order valence-electron chi connectivity index (χ1n) is 6.08. The molecule has 0 radical (unpaired) electrons. The van der Waals surface area contributed by atoms with Gasteiger partial charge in [-0.3, -0.25) is 0 Å². The van der Waals surface area contributed by atoms with Crippen molar-refractivity contribution in [2.45, 2.75) is 40.4 Å². The van der Waals surface area contributed by atoms with Crippen molar-refractivity contribution >= 4 is 23.4 Å². The fourth-order valence-electron chi connectivity index (χ4n) is 1.00. The molecule has 0 fully saturated rings. The molecule has 96 valence electrons. The molecule has 0 amide bonds. The molecule has 0 saturated carbocycles. The maximum absolute atomic E-state index is 9.91. The third kappa shape index (κ3) is 7.07. The van der Waals surface area contributed by atoms with Crippen LogP contribution in [0.25, 0.3) is 0 Å². The quantitative estimate of drug-likeness (QED) is 0.730. The van der Waals surface area contributed by atoms with Crippen molar-refractivity contribution in [3.8, 4) is 0 Å². The Labute approximate surface area is 121 Å². The molecule has 0 aromatic heterocycles. The van der Waals surface area contributed by atoms with Crippen molar-refractivity contribution < 1.29 is 28.2 Å². The van der Waals surface area contributed by atoms with Crippen molar-refractivity contribution in [1.29, 1.82) is 0 Å². The third-order valence-corrected chi connectivity index (χ3v) is 5.49. The van der Waals surface area contributed by atoms with Crippen LogP contribution < -0.4 is 14.5 Å². The van der Waals surface area contributed by atoms with Crippen LogP contribution in [0.2, 0.25) is 19.6 Å². The average Bonchev–Trinajstić information content (AvgIpc) is 2.16. The Balaban J connectivity index is 0.000000360. The van der Waals surface area contributed by atoms with E-state index >= 15 is 0 Å². The molecule has 0 N–H and O–H groups in total. The molecule has 1 rings (SSSR count). The van der Waals surface area contributed by atoms with E-state index in [-0.39, 0.29) is 0 Å². The van der Waals surface area contributed by atoms with Gasteiger partial charge in [0, 0.05) is 11.4 Å². The zero-order chi connectivity index (χ0) is 14.6. The van der Waals surface area contributed by atoms with Crippen LogP contribution in [-0.2, 0) is 23.1 Å². The summed E-state index contributed by atoms with van der Waals surface area (Å²) >= 11 is 1.27. The first-order chi connectivity index (χ1) is 7.94. The molecule has 18 heavy (non-hydrogen) atoms. The Hall–Kier alpha value is -0.470. The summed E-state index contributed by atoms with van der Waals surface area (Å²) in [5, 5.41) is 11.5. The summed E-state index contributed by atoms with van der Waals surface area (Å²) in [4.78, 5) is 9.91. The summed E-state index contributed by atoms with van der Waals surface area (Å²) in [6.07, 6.45) is 0. The van der Waals surface area contributed by atoms with E-state index in [0.717, 1.165) is 0 Å². The van der Waals surface area contributed by atoms with E-state index in [0.29, 0.717) is 0 Å². The van der Waals surface area contributed by atoms with Crippen LogP contribution in [0.3, 0.4) is 0 Å². The van der Waals surface area contributed by atoms with Gasteiger partial charge < -0.3 is 9.90 Å². The van der Waals surface area contributed by atoms with Gasteiger partial charge in [0.15, 0.2) is 0 Å². The van der Waals surface area contributed by atoms with E-state index in [9.17, 15) is 9.90 Å². The van der Waals surface area contributed by atoms with Crippen LogP contribution in [0.5, 0.6) is 0 Å². The predicted molar refractivity (Wildman–Crippen MR) is 73.5 cm³/mol. The van der Waals surface area contributed by atoms with Crippen LogP contribution in [0, 0.1) is 5.41 Å². The van der Waals surface area contributed by atoms with E-state index in [4.69, 9.17) is 0 Å². The van der Waals surface area contributed by atoms with E-state index < -0.39 is 19.5 Å². The van der Waals surface area contributed by atoms with Crippen LogP contribution in [0.1, 0.15) is 20.8 Å².